The molecule has 1 aliphatic rings. The van der Waals surface area contributed by atoms with Gasteiger partial charge in [-0.1, -0.05) is 5.16 Å². The third-order valence-corrected chi connectivity index (χ3v) is 2.12. The van der Waals surface area contributed by atoms with Crippen LogP contribution in [0.2, 0.25) is 0 Å². The number of hydrogen-bond donors (Lipinski definition) is 1. The number of aromatic nitrogens is 1. The summed E-state index contributed by atoms with van der Waals surface area (Å²) >= 11 is 0. The van der Waals surface area contributed by atoms with Gasteiger partial charge < -0.3 is 15.0 Å². The Bertz CT molecular complexity index is 253. The first-order valence-corrected chi connectivity index (χ1v) is 4.13. The number of nitrogens with zero attached hydrogens (tertiary/aromatic N) is 1. The Balaban J connectivity index is 2.11. The van der Waals surface area contributed by atoms with E-state index in [9.17, 15) is 0 Å². The molecular weight excluding hydrogens is 156 g/mol. The quantitative estimate of drug-likeness (QED) is 0.703. The zero-order valence-corrected chi connectivity index (χ0v) is 6.82. The molecule has 2 heterocycles. The van der Waals surface area contributed by atoms with E-state index in [1.165, 1.54) is 0 Å². The zero-order valence-electron chi connectivity index (χ0n) is 6.82. The van der Waals surface area contributed by atoms with Gasteiger partial charge in [-0.3, -0.25) is 0 Å². The van der Waals surface area contributed by atoms with Crippen molar-refractivity contribution in [2.24, 2.45) is 5.73 Å². The first kappa shape index (κ1) is 7.76. The second kappa shape index (κ2) is 3.25. The van der Waals surface area contributed by atoms with Crippen molar-refractivity contribution in [3.8, 4) is 0 Å². The van der Waals surface area contributed by atoms with Crippen molar-refractivity contribution in [1.82, 2.24) is 5.16 Å². The first-order chi connectivity index (χ1) is 5.90. The van der Waals surface area contributed by atoms with Gasteiger partial charge in [0.05, 0.1) is 12.3 Å². The lowest BCUT2D eigenvalue weighted by Crippen LogP contribution is -1.96. The van der Waals surface area contributed by atoms with Crippen LogP contribution in [0, 0.1) is 0 Å². The summed E-state index contributed by atoms with van der Waals surface area (Å²) in [5.41, 5.74) is 6.22. The van der Waals surface area contributed by atoms with Gasteiger partial charge in [0, 0.05) is 25.1 Å². The van der Waals surface area contributed by atoms with Crippen LogP contribution in [-0.4, -0.2) is 18.4 Å². The molecule has 0 amide bonds. The molecule has 4 nitrogen and oxygen atoms in total. The number of hydrogen-bond acceptors (Lipinski definition) is 4. The zero-order chi connectivity index (χ0) is 8.39. The summed E-state index contributed by atoms with van der Waals surface area (Å²) in [5.74, 6) is 1.30. The van der Waals surface area contributed by atoms with Gasteiger partial charge in [-0.2, -0.15) is 0 Å². The lowest BCUT2D eigenvalue weighted by atomic mass is 10.1. The van der Waals surface area contributed by atoms with Crippen molar-refractivity contribution in [2.45, 2.75) is 18.9 Å². The van der Waals surface area contributed by atoms with Gasteiger partial charge in [0.25, 0.3) is 0 Å². The number of rotatable bonds is 2. The van der Waals surface area contributed by atoms with Gasteiger partial charge in [-0.25, -0.2) is 0 Å². The Labute approximate surface area is 70.7 Å². The molecule has 0 aliphatic carbocycles. The summed E-state index contributed by atoms with van der Waals surface area (Å²) in [7, 11) is 0. The Morgan fingerprint density at radius 3 is 3.17 bits per heavy atom. The van der Waals surface area contributed by atoms with Crippen LogP contribution in [0.25, 0.3) is 0 Å². The van der Waals surface area contributed by atoms with Crippen LogP contribution in [0.3, 0.4) is 0 Å². The minimum atomic E-state index is 0.387. The van der Waals surface area contributed by atoms with Gasteiger partial charge in [-0.05, 0) is 6.42 Å². The second-order valence-corrected chi connectivity index (χ2v) is 2.99. The summed E-state index contributed by atoms with van der Waals surface area (Å²) in [5, 5.41) is 3.82. The minimum absolute atomic E-state index is 0.387. The minimum Gasteiger partial charge on any atom is -0.381 e. The molecule has 1 aromatic heterocycles. The topological polar surface area (TPSA) is 61.3 Å². The van der Waals surface area contributed by atoms with E-state index in [4.69, 9.17) is 15.0 Å². The van der Waals surface area contributed by atoms with Crippen molar-refractivity contribution >= 4 is 0 Å². The van der Waals surface area contributed by atoms with E-state index < -0.39 is 0 Å². The maximum absolute atomic E-state index is 5.41. The lowest BCUT2D eigenvalue weighted by molar-refractivity contribution is 0.190. The number of nitrogens with two attached hydrogens (primary N) is 1. The fraction of sp³-hybridized carbons (Fsp3) is 0.625. The Kier molecular flexibility index (Phi) is 2.10. The van der Waals surface area contributed by atoms with Crippen LogP contribution >= 0.6 is 0 Å². The summed E-state index contributed by atoms with van der Waals surface area (Å²) in [6.07, 6.45) is 1.03. The van der Waals surface area contributed by atoms with Crippen molar-refractivity contribution in [2.75, 3.05) is 13.2 Å². The molecular formula is C8H12N2O2. The molecule has 1 unspecified atom stereocenters. The van der Waals surface area contributed by atoms with Crippen molar-refractivity contribution in [3.05, 3.63) is 17.5 Å². The fourth-order valence-corrected chi connectivity index (χ4v) is 1.38. The predicted molar refractivity (Wildman–Crippen MR) is 42.6 cm³/mol. The Hall–Kier alpha value is -0.870. The van der Waals surface area contributed by atoms with Crippen molar-refractivity contribution < 1.29 is 9.26 Å². The molecule has 66 valence electrons. The van der Waals surface area contributed by atoms with E-state index in [0.29, 0.717) is 12.5 Å². The molecule has 1 atom stereocenters. The maximum Gasteiger partial charge on any atom is 0.142 e. The smallest absolute Gasteiger partial charge is 0.142 e. The third kappa shape index (κ3) is 1.35. The standard InChI is InChI=1S/C8H12N2O2/c9-4-7-3-8(12-10-7)6-1-2-11-5-6/h3,6H,1-2,4-5,9H2. The second-order valence-electron chi connectivity index (χ2n) is 2.99. The van der Waals surface area contributed by atoms with E-state index in [1.54, 1.807) is 0 Å². The average Bonchev–Trinajstić information content (AvgIpc) is 2.75. The molecule has 1 aliphatic heterocycles. The van der Waals surface area contributed by atoms with E-state index in [1.807, 2.05) is 6.07 Å². The predicted octanol–water partition coefficient (Wildman–Crippen LogP) is 0.637. The largest absolute Gasteiger partial charge is 0.381 e. The SMILES string of the molecule is NCc1cc(C2CCOC2)on1. The average molecular weight is 168 g/mol. The summed E-state index contributed by atoms with van der Waals surface area (Å²) in [6.45, 7) is 2.01. The molecule has 0 aromatic carbocycles. The van der Waals surface area contributed by atoms with Crippen LogP contribution in [-0.2, 0) is 11.3 Å². The summed E-state index contributed by atoms with van der Waals surface area (Å²) in [6, 6.07) is 1.92. The molecule has 12 heavy (non-hydrogen) atoms. The van der Waals surface area contributed by atoms with Crippen molar-refractivity contribution in [1.29, 1.82) is 0 Å². The fourth-order valence-electron chi connectivity index (χ4n) is 1.38. The molecule has 2 rings (SSSR count). The highest BCUT2D eigenvalue weighted by Gasteiger charge is 2.21. The molecule has 0 spiro atoms. The van der Waals surface area contributed by atoms with E-state index in [2.05, 4.69) is 5.16 Å². The van der Waals surface area contributed by atoms with E-state index >= 15 is 0 Å². The first-order valence-electron chi connectivity index (χ1n) is 4.13. The van der Waals surface area contributed by atoms with Crippen LogP contribution in [0.5, 0.6) is 0 Å². The van der Waals surface area contributed by atoms with Crippen LogP contribution in [0.4, 0.5) is 0 Å². The van der Waals surface area contributed by atoms with Gasteiger partial charge in [-0.15, -0.1) is 0 Å². The molecule has 1 fully saturated rings. The van der Waals surface area contributed by atoms with Gasteiger partial charge in [0.2, 0.25) is 0 Å². The van der Waals surface area contributed by atoms with Crippen LogP contribution in [0.1, 0.15) is 23.8 Å². The highest BCUT2D eigenvalue weighted by molar-refractivity contribution is 5.10. The normalized spacial score (nSPS) is 23.2. The lowest BCUT2D eigenvalue weighted by Gasteiger charge is -1.98. The van der Waals surface area contributed by atoms with Crippen LogP contribution < -0.4 is 5.73 Å². The molecule has 4 heteroatoms. The molecule has 0 radical (unpaired) electrons. The van der Waals surface area contributed by atoms with Gasteiger partial charge in [0.15, 0.2) is 0 Å². The maximum atomic E-state index is 5.41. The highest BCUT2D eigenvalue weighted by atomic mass is 16.5. The summed E-state index contributed by atoms with van der Waals surface area (Å²) in [4.78, 5) is 0. The molecule has 2 N–H and O–H groups in total. The third-order valence-electron chi connectivity index (χ3n) is 2.12. The molecule has 0 saturated carbocycles. The van der Waals surface area contributed by atoms with E-state index in [-0.39, 0.29) is 0 Å². The molecule has 1 saturated heterocycles. The summed E-state index contributed by atoms with van der Waals surface area (Å²) < 4.78 is 10.4. The monoisotopic (exact) mass is 168 g/mol. The highest BCUT2D eigenvalue weighted by Crippen LogP contribution is 2.25. The van der Waals surface area contributed by atoms with Gasteiger partial charge in [0.1, 0.15) is 5.76 Å². The van der Waals surface area contributed by atoms with E-state index in [0.717, 1.165) is 31.1 Å². The Morgan fingerprint density at radius 2 is 2.58 bits per heavy atom. The molecule has 1 aromatic rings. The van der Waals surface area contributed by atoms with Crippen LogP contribution in [0.15, 0.2) is 10.6 Å². The number of ether oxygens (including phenoxy) is 1. The van der Waals surface area contributed by atoms with Crippen molar-refractivity contribution in [3.63, 3.8) is 0 Å². The molecule has 0 bridgehead atoms. The van der Waals surface area contributed by atoms with Gasteiger partial charge >= 0.3 is 0 Å². The Morgan fingerprint density at radius 1 is 1.67 bits per heavy atom.